The molecule has 0 atom stereocenters. The molecule has 0 bridgehead atoms. The van der Waals surface area contributed by atoms with E-state index in [-0.39, 0.29) is 5.41 Å². The molecule has 0 aromatic rings. The molecule has 0 radical (unpaired) electrons. The lowest BCUT2D eigenvalue weighted by molar-refractivity contribution is -0.132. The van der Waals surface area contributed by atoms with Gasteiger partial charge in [-0.2, -0.15) is 0 Å². The summed E-state index contributed by atoms with van der Waals surface area (Å²) in [5.74, 6) is -0.835. The van der Waals surface area contributed by atoms with E-state index in [2.05, 4.69) is 20.8 Å². The normalized spacial score (nSPS) is 13.6. The number of hydrogen-bond donors (Lipinski definition) is 1. The summed E-state index contributed by atoms with van der Waals surface area (Å²) >= 11 is 0. The summed E-state index contributed by atoms with van der Waals surface area (Å²) < 4.78 is 0. The number of carboxylic acids is 1. The fourth-order valence-corrected chi connectivity index (χ4v) is 1.25. The van der Waals surface area contributed by atoms with Gasteiger partial charge < -0.3 is 10.0 Å². The van der Waals surface area contributed by atoms with Gasteiger partial charge in [0.25, 0.3) is 0 Å². The monoisotopic (exact) mass is 199 g/mol. The van der Waals surface area contributed by atoms with Gasteiger partial charge in [0.15, 0.2) is 0 Å². The molecular formula is C11H21NO2. The van der Waals surface area contributed by atoms with Crippen LogP contribution in [-0.4, -0.2) is 30.1 Å². The Labute approximate surface area is 86.4 Å². The Morgan fingerprint density at radius 2 is 1.71 bits per heavy atom. The third kappa shape index (κ3) is 4.30. The first kappa shape index (κ1) is 13.0. The molecule has 0 fully saturated rings. The van der Waals surface area contributed by atoms with Crippen molar-refractivity contribution in [3.8, 4) is 0 Å². The Kier molecular flexibility index (Phi) is 4.17. The van der Waals surface area contributed by atoms with Crippen molar-refractivity contribution in [2.45, 2.75) is 34.1 Å². The fraction of sp³-hybridized carbons (Fsp3) is 0.727. The number of aliphatic carboxylic acids is 1. The van der Waals surface area contributed by atoms with E-state index in [0.717, 1.165) is 12.1 Å². The SMILES string of the molecule is C/C(C(=O)O)=C(/CC(C)(C)C)N(C)C. The van der Waals surface area contributed by atoms with Crippen molar-refractivity contribution >= 4 is 5.97 Å². The molecule has 1 N–H and O–H groups in total. The van der Waals surface area contributed by atoms with Gasteiger partial charge in [0.1, 0.15) is 0 Å². The van der Waals surface area contributed by atoms with Crippen molar-refractivity contribution in [1.82, 2.24) is 4.90 Å². The van der Waals surface area contributed by atoms with E-state index in [1.807, 2.05) is 19.0 Å². The maximum absolute atomic E-state index is 10.8. The molecule has 0 saturated carbocycles. The molecule has 0 aliphatic rings. The molecule has 3 nitrogen and oxygen atoms in total. The molecule has 82 valence electrons. The largest absolute Gasteiger partial charge is 0.478 e. The van der Waals surface area contributed by atoms with Crippen molar-refractivity contribution in [2.24, 2.45) is 5.41 Å². The predicted molar refractivity (Wildman–Crippen MR) is 58.1 cm³/mol. The van der Waals surface area contributed by atoms with Gasteiger partial charge in [0.2, 0.25) is 0 Å². The Morgan fingerprint density at radius 3 is 1.93 bits per heavy atom. The van der Waals surface area contributed by atoms with Gasteiger partial charge in [-0.05, 0) is 18.8 Å². The van der Waals surface area contributed by atoms with E-state index in [9.17, 15) is 4.79 Å². The van der Waals surface area contributed by atoms with Crippen molar-refractivity contribution in [2.75, 3.05) is 14.1 Å². The highest BCUT2D eigenvalue weighted by atomic mass is 16.4. The number of rotatable bonds is 3. The molecule has 0 aromatic carbocycles. The lowest BCUT2D eigenvalue weighted by atomic mass is 9.89. The summed E-state index contributed by atoms with van der Waals surface area (Å²) in [4.78, 5) is 12.7. The maximum atomic E-state index is 10.8. The minimum Gasteiger partial charge on any atom is -0.478 e. The van der Waals surface area contributed by atoms with Crippen molar-refractivity contribution in [1.29, 1.82) is 0 Å². The molecule has 0 aromatic heterocycles. The van der Waals surface area contributed by atoms with Crippen LogP contribution < -0.4 is 0 Å². The highest BCUT2D eigenvalue weighted by Gasteiger charge is 2.18. The first-order chi connectivity index (χ1) is 6.15. The first-order valence-corrected chi connectivity index (χ1v) is 4.75. The minimum absolute atomic E-state index is 0.107. The zero-order valence-corrected chi connectivity index (χ0v) is 10.0. The third-order valence-corrected chi connectivity index (χ3v) is 1.99. The average Bonchev–Trinajstić information content (AvgIpc) is 1.96. The first-order valence-electron chi connectivity index (χ1n) is 4.75. The summed E-state index contributed by atoms with van der Waals surface area (Å²) in [7, 11) is 3.76. The quantitative estimate of drug-likeness (QED) is 0.709. The van der Waals surface area contributed by atoms with Crippen molar-refractivity contribution in [3.05, 3.63) is 11.3 Å². The second-order valence-electron chi connectivity index (χ2n) is 5.01. The van der Waals surface area contributed by atoms with Gasteiger partial charge >= 0.3 is 5.97 Å². The van der Waals surface area contributed by atoms with E-state index in [4.69, 9.17) is 5.11 Å². The van der Waals surface area contributed by atoms with Crippen LogP contribution in [0.15, 0.2) is 11.3 Å². The molecule has 0 spiro atoms. The van der Waals surface area contributed by atoms with Gasteiger partial charge in [-0.15, -0.1) is 0 Å². The van der Waals surface area contributed by atoms with Crippen LogP contribution in [-0.2, 0) is 4.79 Å². The molecule has 3 heteroatoms. The number of nitrogens with zero attached hydrogens (tertiary/aromatic N) is 1. The molecule has 14 heavy (non-hydrogen) atoms. The van der Waals surface area contributed by atoms with Crippen LogP contribution in [0.1, 0.15) is 34.1 Å². The number of carboxylic acid groups (broad SMARTS) is 1. The van der Waals surface area contributed by atoms with Crippen LogP contribution in [0.3, 0.4) is 0 Å². The molecule has 0 unspecified atom stereocenters. The molecule has 0 aliphatic carbocycles. The zero-order chi connectivity index (χ0) is 11.5. The van der Waals surface area contributed by atoms with E-state index < -0.39 is 5.97 Å². The molecule has 0 saturated heterocycles. The maximum Gasteiger partial charge on any atom is 0.333 e. The zero-order valence-electron chi connectivity index (χ0n) is 10.0. The Bertz CT molecular complexity index is 247. The molecule has 0 amide bonds. The lowest BCUT2D eigenvalue weighted by Gasteiger charge is -2.26. The lowest BCUT2D eigenvalue weighted by Crippen LogP contribution is -2.21. The van der Waals surface area contributed by atoms with Crippen LogP contribution in [0.5, 0.6) is 0 Å². The highest BCUT2D eigenvalue weighted by molar-refractivity contribution is 5.86. The van der Waals surface area contributed by atoms with Crippen LogP contribution in [0.4, 0.5) is 0 Å². The minimum atomic E-state index is -0.835. The Balaban J connectivity index is 4.97. The summed E-state index contributed by atoms with van der Waals surface area (Å²) in [6, 6.07) is 0. The van der Waals surface area contributed by atoms with Gasteiger partial charge in [-0.3, -0.25) is 0 Å². The summed E-state index contributed by atoms with van der Waals surface area (Å²) in [5, 5.41) is 8.91. The van der Waals surface area contributed by atoms with Crippen molar-refractivity contribution < 1.29 is 9.90 Å². The number of carbonyl (C=O) groups is 1. The van der Waals surface area contributed by atoms with Gasteiger partial charge in [0.05, 0.1) is 5.57 Å². The average molecular weight is 199 g/mol. The van der Waals surface area contributed by atoms with E-state index >= 15 is 0 Å². The topological polar surface area (TPSA) is 40.5 Å². The second kappa shape index (κ2) is 4.49. The van der Waals surface area contributed by atoms with Gasteiger partial charge in [-0.25, -0.2) is 4.79 Å². The van der Waals surface area contributed by atoms with Crippen LogP contribution in [0.2, 0.25) is 0 Å². The van der Waals surface area contributed by atoms with E-state index in [0.29, 0.717) is 5.57 Å². The van der Waals surface area contributed by atoms with Crippen LogP contribution in [0.25, 0.3) is 0 Å². The van der Waals surface area contributed by atoms with Gasteiger partial charge in [0, 0.05) is 19.8 Å². The highest BCUT2D eigenvalue weighted by Crippen LogP contribution is 2.26. The van der Waals surface area contributed by atoms with Gasteiger partial charge in [-0.1, -0.05) is 20.8 Å². The molecule has 0 aliphatic heterocycles. The molecule has 0 rings (SSSR count). The number of hydrogen-bond acceptors (Lipinski definition) is 2. The summed E-state index contributed by atoms with van der Waals surface area (Å²) in [6.07, 6.45) is 0.776. The Hall–Kier alpha value is -0.990. The fourth-order valence-electron chi connectivity index (χ4n) is 1.25. The standard InChI is InChI=1S/C11H21NO2/c1-8(10(13)14)9(12(5)6)7-11(2,3)4/h7H2,1-6H3,(H,13,14)/b9-8+. The number of allylic oxidation sites excluding steroid dienone is 1. The van der Waals surface area contributed by atoms with Crippen LogP contribution >= 0.6 is 0 Å². The van der Waals surface area contributed by atoms with E-state index in [1.165, 1.54) is 0 Å². The van der Waals surface area contributed by atoms with E-state index in [1.54, 1.807) is 6.92 Å². The van der Waals surface area contributed by atoms with Crippen LogP contribution in [0, 0.1) is 5.41 Å². The molecule has 0 heterocycles. The predicted octanol–water partition coefficient (Wildman–Crippen LogP) is 2.34. The molecular weight excluding hydrogens is 178 g/mol. The third-order valence-electron chi connectivity index (χ3n) is 1.99. The summed E-state index contributed by atoms with van der Waals surface area (Å²) in [6.45, 7) is 7.96. The second-order valence-corrected chi connectivity index (χ2v) is 5.01. The van der Waals surface area contributed by atoms with Crippen molar-refractivity contribution in [3.63, 3.8) is 0 Å². The smallest absolute Gasteiger partial charge is 0.333 e. The Morgan fingerprint density at radius 1 is 1.29 bits per heavy atom. The summed E-state index contributed by atoms with van der Waals surface area (Å²) in [5.41, 5.74) is 1.44.